The van der Waals surface area contributed by atoms with Crippen molar-refractivity contribution in [3.63, 3.8) is 0 Å². The van der Waals surface area contributed by atoms with E-state index in [4.69, 9.17) is 0 Å². The minimum Gasteiger partial charge on any atom is -0.355 e. The Bertz CT molecular complexity index is 769. The van der Waals surface area contributed by atoms with E-state index in [0.717, 1.165) is 32.0 Å². The number of piperidine rings is 1. The van der Waals surface area contributed by atoms with E-state index in [2.05, 4.69) is 82.9 Å². The van der Waals surface area contributed by atoms with E-state index in [1.54, 1.807) is 0 Å². The van der Waals surface area contributed by atoms with Crippen LogP contribution in [0.15, 0.2) is 48.0 Å². The molecule has 2 atom stereocenters. The van der Waals surface area contributed by atoms with Gasteiger partial charge in [0.1, 0.15) is 0 Å². The van der Waals surface area contributed by atoms with Crippen LogP contribution in [0, 0.1) is 12.8 Å². The van der Waals surface area contributed by atoms with Gasteiger partial charge in [-0.15, -0.1) is 24.0 Å². The van der Waals surface area contributed by atoms with Crippen LogP contribution in [0.2, 0.25) is 0 Å². The van der Waals surface area contributed by atoms with Crippen LogP contribution >= 0.6 is 24.0 Å². The molecule has 1 aliphatic rings. The average molecular weight is 495 g/mol. The number of imidazole rings is 1. The van der Waals surface area contributed by atoms with Crippen molar-refractivity contribution >= 4 is 29.9 Å². The van der Waals surface area contributed by atoms with E-state index < -0.39 is 0 Å². The molecule has 1 aliphatic heterocycles. The molecule has 3 rings (SSSR count). The molecule has 0 radical (unpaired) electrons. The lowest BCUT2D eigenvalue weighted by Crippen LogP contribution is -2.51. The number of hydrogen-bond acceptors (Lipinski definition) is 2. The molecule has 0 amide bonds. The first kappa shape index (κ1) is 22.7. The molecule has 5 nitrogen and oxygen atoms in total. The van der Waals surface area contributed by atoms with E-state index in [9.17, 15) is 0 Å². The summed E-state index contributed by atoms with van der Waals surface area (Å²) in [6.45, 7) is 12.0. The Morgan fingerprint density at radius 1 is 1.32 bits per heavy atom. The molecule has 1 aromatic carbocycles. The fourth-order valence-electron chi connectivity index (χ4n) is 4.15. The Kier molecular flexibility index (Phi) is 7.92. The molecule has 2 unspecified atom stereocenters. The topological polar surface area (TPSA) is 45.5 Å². The molecule has 1 fully saturated rings. The van der Waals surface area contributed by atoms with Crippen molar-refractivity contribution in [3.8, 4) is 0 Å². The molecule has 1 aromatic heterocycles. The van der Waals surface area contributed by atoms with Crippen LogP contribution in [-0.4, -0.2) is 47.1 Å². The number of benzene rings is 1. The third kappa shape index (κ3) is 5.07. The number of aromatic nitrogens is 2. The molecule has 0 spiro atoms. The summed E-state index contributed by atoms with van der Waals surface area (Å²) in [5.41, 5.74) is 2.76. The number of aliphatic imine (C=N–C) groups is 1. The van der Waals surface area contributed by atoms with Crippen LogP contribution in [0.3, 0.4) is 0 Å². The van der Waals surface area contributed by atoms with Gasteiger partial charge in [0.25, 0.3) is 0 Å². The summed E-state index contributed by atoms with van der Waals surface area (Å²) in [6.07, 6.45) is 7.03. The second kappa shape index (κ2) is 9.76. The molecular formula is C22H34IN5. The number of nitrogens with zero attached hydrogens (tertiary/aromatic N) is 4. The zero-order valence-electron chi connectivity index (χ0n) is 17.7. The van der Waals surface area contributed by atoms with E-state index in [1.165, 1.54) is 11.1 Å². The van der Waals surface area contributed by atoms with E-state index >= 15 is 0 Å². The van der Waals surface area contributed by atoms with Gasteiger partial charge in [-0.25, -0.2) is 4.98 Å². The Balaban J connectivity index is 0.00000280. The Morgan fingerprint density at radius 3 is 2.71 bits per heavy atom. The Labute approximate surface area is 186 Å². The highest BCUT2D eigenvalue weighted by atomic mass is 127. The summed E-state index contributed by atoms with van der Waals surface area (Å²) < 4.78 is 2.24. The molecule has 0 bridgehead atoms. The van der Waals surface area contributed by atoms with Crippen LogP contribution in [-0.2, 0) is 5.41 Å². The maximum atomic E-state index is 4.58. The monoisotopic (exact) mass is 495 g/mol. The molecule has 6 heteroatoms. The van der Waals surface area contributed by atoms with Crippen LogP contribution in [0.1, 0.15) is 44.4 Å². The summed E-state index contributed by atoms with van der Waals surface area (Å²) in [4.78, 5) is 11.2. The van der Waals surface area contributed by atoms with Gasteiger partial charge in [0.2, 0.25) is 0 Å². The third-order valence-electron chi connectivity index (χ3n) is 5.90. The lowest BCUT2D eigenvalue weighted by atomic mass is 9.82. The molecular weight excluding hydrogens is 461 g/mol. The molecule has 154 valence electrons. The average Bonchev–Trinajstić information content (AvgIpc) is 3.18. The highest BCUT2D eigenvalue weighted by molar-refractivity contribution is 14.0. The van der Waals surface area contributed by atoms with Gasteiger partial charge in [0.15, 0.2) is 5.96 Å². The van der Waals surface area contributed by atoms with E-state index in [0.29, 0.717) is 12.0 Å². The van der Waals surface area contributed by atoms with Gasteiger partial charge in [-0.2, -0.15) is 0 Å². The number of halogens is 1. The highest BCUT2D eigenvalue weighted by Gasteiger charge is 2.30. The predicted molar refractivity (Wildman–Crippen MR) is 128 cm³/mol. The molecule has 1 saturated heterocycles. The standard InChI is InChI=1S/C22H33N5.HI/c1-17-8-6-7-9-19(17)22(3,4)15-25-21(23-5)26-12-10-18(2)20(14-26)27-13-11-24-16-27;/h6-9,11,13,16,18,20H,10,12,14-15H2,1-5H3,(H,23,25);1H. The smallest absolute Gasteiger partial charge is 0.193 e. The number of nitrogens with one attached hydrogen (secondary N) is 1. The quantitative estimate of drug-likeness (QED) is 0.392. The minimum absolute atomic E-state index is 0. The summed E-state index contributed by atoms with van der Waals surface area (Å²) in [7, 11) is 1.88. The van der Waals surface area contributed by atoms with Crippen molar-refractivity contribution < 1.29 is 0 Å². The zero-order valence-corrected chi connectivity index (χ0v) is 20.1. The lowest BCUT2D eigenvalue weighted by Gasteiger charge is -2.40. The molecule has 2 heterocycles. The van der Waals surface area contributed by atoms with Crippen molar-refractivity contribution in [2.45, 2.75) is 45.6 Å². The summed E-state index contributed by atoms with van der Waals surface area (Å²) in [6, 6.07) is 9.09. The minimum atomic E-state index is 0. The van der Waals surface area contributed by atoms with Crippen molar-refractivity contribution in [2.75, 3.05) is 26.7 Å². The number of rotatable bonds is 4. The summed E-state index contributed by atoms with van der Waals surface area (Å²) in [5, 5.41) is 3.64. The van der Waals surface area contributed by atoms with Gasteiger partial charge in [0.05, 0.1) is 12.4 Å². The van der Waals surface area contributed by atoms with Crippen molar-refractivity contribution in [3.05, 3.63) is 54.1 Å². The second-order valence-corrected chi connectivity index (χ2v) is 8.39. The maximum absolute atomic E-state index is 4.58. The number of aryl methyl sites for hydroxylation is 1. The van der Waals surface area contributed by atoms with Crippen LogP contribution in [0.5, 0.6) is 0 Å². The molecule has 28 heavy (non-hydrogen) atoms. The van der Waals surface area contributed by atoms with Gasteiger partial charge < -0.3 is 14.8 Å². The van der Waals surface area contributed by atoms with E-state index in [-0.39, 0.29) is 29.4 Å². The first-order valence-corrected chi connectivity index (χ1v) is 9.91. The normalized spacial score (nSPS) is 20.6. The number of guanidine groups is 1. The van der Waals surface area contributed by atoms with Crippen LogP contribution < -0.4 is 5.32 Å². The fourth-order valence-corrected chi connectivity index (χ4v) is 4.15. The van der Waals surface area contributed by atoms with Gasteiger partial charge in [-0.05, 0) is 30.4 Å². The van der Waals surface area contributed by atoms with Gasteiger partial charge in [-0.1, -0.05) is 45.0 Å². The van der Waals surface area contributed by atoms with Crippen molar-refractivity contribution in [1.82, 2.24) is 19.8 Å². The van der Waals surface area contributed by atoms with Gasteiger partial charge in [0, 0.05) is 44.5 Å². The fraction of sp³-hybridized carbons (Fsp3) is 0.545. The SMILES string of the molecule is CN=C(NCC(C)(C)c1ccccc1C)N1CCC(C)C(n2ccnc2)C1.I. The Morgan fingerprint density at radius 2 is 2.07 bits per heavy atom. The second-order valence-electron chi connectivity index (χ2n) is 8.39. The van der Waals surface area contributed by atoms with Crippen LogP contribution in [0.4, 0.5) is 0 Å². The van der Waals surface area contributed by atoms with Crippen LogP contribution in [0.25, 0.3) is 0 Å². The first-order chi connectivity index (χ1) is 12.9. The third-order valence-corrected chi connectivity index (χ3v) is 5.90. The van der Waals surface area contributed by atoms with Crippen molar-refractivity contribution in [2.24, 2.45) is 10.9 Å². The summed E-state index contributed by atoms with van der Waals surface area (Å²) in [5.74, 6) is 1.63. The molecule has 1 N–H and O–H groups in total. The highest BCUT2D eigenvalue weighted by Crippen LogP contribution is 2.28. The van der Waals surface area contributed by atoms with Gasteiger partial charge >= 0.3 is 0 Å². The molecule has 2 aromatic rings. The van der Waals surface area contributed by atoms with Crippen molar-refractivity contribution in [1.29, 1.82) is 0 Å². The number of hydrogen-bond donors (Lipinski definition) is 1. The predicted octanol–water partition coefficient (Wildman–Crippen LogP) is 4.25. The maximum Gasteiger partial charge on any atom is 0.193 e. The number of likely N-dealkylation sites (tertiary alicyclic amines) is 1. The Hall–Kier alpha value is -1.57. The largest absolute Gasteiger partial charge is 0.355 e. The lowest BCUT2D eigenvalue weighted by molar-refractivity contribution is 0.188. The molecule has 0 aliphatic carbocycles. The zero-order chi connectivity index (χ0) is 19.4. The van der Waals surface area contributed by atoms with E-state index in [1.807, 2.05) is 19.6 Å². The first-order valence-electron chi connectivity index (χ1n) is 9.91. The van der Waals surface area contributed by atoms with Gasteiger partial charge in [-0.3, -0.25) is 4.99 Å². The molecule has 0 saturated carbocycles. The summed E-state index contributed by atoms with van der Waals surface area (Å²) >= 11 is 0.